The molecular formula is C19H18ClN5O2S. The highest BCUT2D eigenvalue weighted by molar-refractivity contribution is 7.18. The number of fused-ring (bicyclic) bond motifs is 3. The predicted octanol–water partition coefficient (Wildman–Crippen LogP) is 2.78. The first-order valence-corrected chi connectivity index (χ1v) is 10.2. The van der Waals surface area contributed by atoms with E-state index in [-0.39, 0.29) is 12.1 Å². The van der Waals surface area contributed by atoms with Gasteiger partial charge in [0.15, 0.2) is 4.83 Å². The zero-order chi connectivity index (χ0) is 19.7. The number of nitrogens with one attached hydrogen (secondary N) is 1. The van der Waals surface area contributed by atoms with E-state index in [4.69, 9.17) is 11.6 Å². The van der Waals surface area contributed by atoms with Crippen molar-refractivity contribution in [2.45, 2.75) is 32.7 Å². The summed E-state index contributed by atoms with van der Waals surface area (Å²) in [7, 11) is 0. The Hall–Kier alpha value is -2.58. The van der Waals surface area contributed by atoms with Crippen molar-refractivity contribution < 1.29 is 4.79 Å². The Bertz CT molecular complexity index is 1140. The van der Waals surface area contributed by atoms with Crippen LogP contribution < -0.4 is 11.0 Å². The van der Waals surface area contributed by atoms with Gasteiger partial charge in [-0.2, -0.15) is 5.10 Å². The number of carbonyl (C=O) groups is 1. The second-order valence-electron chi connectivity index (χ2n) is 6.90. The summed E-state index contributed by atoms with van der Waals surface area (Å²) in [6.07, 6.45) is 4.34. The summed E-state index contributed by atoms with van der Waals surface area (Å²) in [5.74, 6) is 0.147. The standard InChI is InChI=1S/C19H18ClN5O2S/c1-11-6-7-13-15(8-11)28-18-17(13)19(27)25(24-23-18)10-16(26)22-21-9-12-4-2-3-5-14(12)20/h2-5,9,11H,6-8,10H2,1H3,(H,22,26)/t11-/m1/s1. The second-order valence-corrected chi connectivity index (χ2v) is 8.39. The lowest BCUT2D eigenvalue weighted by Crippen LogP contribution is -2.32. The fourth-order valence-corrected chi connectivity index (χ4v) is 4.82. The van der Waals surface area contributed by atoms with Gasteiger partial charge < -0.3 is 0 Å². The number of halogens is 1. The summed E-state index contributed by atoms with van der Waals surface area (Å²) in [6, 6.07) is 7.14. The predicted molar refractivity (Wildman–Crippen MR) is 110 cm³/mol. The average molecular weight is 416 g/mol. The van der Waals surface area contributed by atoms with Crippen molar-refractivity contribution in [1.82, 2.24) is 20.4 Å². The molecule has 1 aliphatic rings. The fraction of sp³-hybridized carbons (Fsp3) is 0.316. The molecule has 9 heteroatoms. The van der Waals surface area contributed by atoms with E-state index in [0.717, 1.165) is 29.5 Å². The quantitative estimate of drug-likeness (QED) is 0.524. The molecule has 0 fully saturated rings. The van der Waals surface area contributed by atoms with Crippen LogP contribution in [-0.4, -0.2) is 27.1 Å². The molecular weight excluding hydrogens is 398 g/mol. The molecule has 1 amide bonds. The molecule has 0 spiro atoms. The van der Waals surface area contributed by atoms with Crippen molar-refractivity contribution in [3.8, 4) is 0 Å². The number of hydrogen-bond acceptors (Lipinski definition) is 6. The highest BCUT2D eigenvalue weighted by atomic mass is 35.5. The van der Waals surface area contributed by atoms with Gasteiger partial charge in [0, 0.05) is 15.5 Å². The van der Waals surface area contributed by atoms with Crippen LogP contribution in [0.3, 0.4) is 0 Å². The number of rotatable bonds is 4. The fourth-order valence-electron chi connectivity index (χ4n) is 3.32. The molecule has 1 atom stereocenters. The van der Waals surface area contributed by atoms with E-state index in [1.165, 1.54) is 22.4 Å². The monoisotopic (exact) mass is 415 g/mol. The van der Waals surface area contributed by atoms with Crippen molar-refractivity contribution in [2.75, 3.05) is 0 Å². The number of thiophene rings is 1. The molecule has 4 rings (SSSR count). The smallest absolute Gasteiger partial charge is 0.271 e. The summed E-state index contributed by atoms with van der Waals surface area (Å²) >= 11 is 7.57. The maximum Gasteiger partial charge on any atom is 0.279 e. The number of benzene rings is 1. The second kappa shape index (κ2) is 7.81. The van der Waals surface area contributed by atoms with Gasteiger partial charge in [-0.25, -0.2) is 10.1 Å². The lowest BCUT2D eigenvalue weighted by molar-refractivity contribution is -0.121. The topological polar surface area (TPSA) is 89.2 Å². The van der Waals surface area contributed by atoms with Crippen molar-refractivity contribution >= 4 is 45.3 Å². The minimum absolute atomic E-state index is 0.247. The largest absolute Gasteiger partial charge is 0.279 e. The van der Waals surface area contributed by atoms with E-state index in [2.05, 4.69) is 27.8 Å². The number of nitrogens with zero attached hydrogens (tertiary/aromatic N) is 4. The van der Waals surface area contributed by atoms with Gasteiger partial charge >= 0.3 is 0 Å². The van der Waals surface area contributed by atoms with Crippen molar-refractivity contribution in [3.63, 3.8) is 0 Å². The first-order chi connectivity index (χ1) is 13.5. The Balaban J connectivity index is 1.52. The molecule has 0 saturated heterocycles. The summed E-state index contributed by atoms with van der Waals surface area (Å²) in [5.41, 5.74) is 3.87. The summed E-state index contributed by atoms with van der Waals surface area (Å²) in [4.78, 5) is 26.9. The molecule has 0 bridgehead atoms. The van der Waals surface area contributed by atoms with Crippen LogP contribution in [-0.2, 0) is 24.2 Å². The average Bonchev–Trinajstić information content (AvgIpc) is 3.04. The van der Waals surface area contributed by atoms with Crippen LogP contribution in [0, 0.1) is 5.92 Å². The maximum absolute atomic E-state index is 12.8. The Morgan fingerprint density at radius 3 is 3.11 bits per heavy atom. The Morgan fingerprint density at radius 2 is 2.29 bits per heavy atom. The zero-order valence-electron chi connectivity index (χ0n) is 15.2. The van der Waals surface area contributed by atoms with Gasteiger partial charge in [0.25, 0.3) is 11.5 Å². The van der Waals surface area contributed by atoms with Crippen LogP contribution in [0.1, 0.15) is 29.3 Å². The maximum atomic E-state index is 12.8. The van der Waals surface area contributed by atoms with Crippen LogP contribution in [0.4, 0.5) is 0 Å². The lowest BCUT2D eigenvalue weighted by atomic mass is 9.89. The summed E-state index contributed by atoms with van der Waals surface area (Å²) in [5, 5.41) is 13.1. The van der Waals surface area contributed by atoms with Crippen molar-refractivity contribution in [2.24, 2.45) is 11.0 Å². The van der Waals surface area contributed by atoms with Gasteiger partial charge in [-0.1, -0.05) is 41.9 Å². The molecule has 0 aliphatic heterocycles. The lowest BCUT2D eigenvalue weighted by Gasteiger charge is -2.17. The minimum atomic E-state index is -0.461. The van der Waals surface area contributed by atoms with Crippen LogP contribution in [0.5, 0.6) is 0 Å². The summed E-state index contributed by atoms with van der Waals surface area (Å²) in [6.45, 7) is 1.97. The van der Waals surface area contributed by atoms with Crippen LogP contribution in [0.15, 0.2) is 34.2 Å². The molecule has 7 nitrogen and oxygen atoms in total. The Morgan fingerprint density at radius 1 is 1.46 bits per heavy atom. The van der Waals surface area contributed by atoms with Crippen molar-refractivity contribution in [3.05, 3.63) is 55.6 Å². The van der Waals surface area contributed by atoms with Crippen molar-refractivity contribution in [1.29, 1.82) is 0 Å². The number of hydrogen-bond donors (Lipinski definition) is 1. The molecule has 144 valence electrons. The van der Waals surface area contributed by atoms with Crippen LogP contribution in [0.2, 0.25) is 5.02 Å². The first-order valence-electron chi connectivity index (χ1n) is 8.97. The molecule has 3 aromatic rings. The third kappa shape index (κ3) is 3.70. The third-order valence-corrected chi connectivity index (χ3v) is 6.26. The minimum Gasteiger partial charge on any atom is -0.271 e. The van der Waals surface area contributed by atoms with Gasteiger partial charge in [-0.05, 0) is 36.8 Å². The van der Waals surface area contributed by atoms with E-state index in [1.807, 2.05) is 12.1 Å². The number of aromatic nitrogens is 3. The molecule has 1 aromatic carbocycles. The number of aryl methyl sites for hydroxylation is 1. The molecule has 0 unspecified atom stereocenters. The number of hydrazone groups is 1. The number of carbonyl (C=O) groups excluding carboxylic acids is 1. The Labute approximate surface area is 170 Å². The SMILES string of the molecule is C[C@@H]1CCc2c(sc3nnn(CC(=O)NN=Cc4ccccc4Cl)c(=O)c23)C1. The highest BCUT2D eigenvalue weighted by Gasteiger charge is 2.24. The summed E-state index contributed by atoms with van der Waals surface area (Å²) < 4.78 is 1.09. The van der Waals surface area contributed by atoms with Gasteiger partial charge in [0.2, 0.25) is 0 Å². The first kappa shape index (κ1) is 18.8. The van der Waals surface area contributed by atoms with E-state index in [9.17, 15) is 9.59 Å². The van der Waals surface area contributed by atoms with E-state index < -0.39 is 5.91 Å². The molecule has 2 heterocycles. The normalized spacial score (nSPS) is 16.4. The van der Waals surface area contributed by atoms with Gasteiger partial charge in [0.1, 0.15) is 6.54 Å². The molecule has 0 saturated carbocycles. The molecule has 0 radical (unpaired) electrons. The van der Waals surface area contributed by atoms with Gasteiger partial charge in [0.05, 0.1) is 11.6 Å². The van der Waals surface area contributed by atoms with Gasteiger partial charge in [-0.3, -0.25) is 9.59 Å². The van der Waals surface area contributed by atoms with E-state index >= 15 is 0 Å². The number of amides is 1. The van der Waals surface area contributed by atoms with Gasteiger partial charge in [-0.15, -0.1) is 16.4 Å². The molecule has 1 N–H and O–H groups in total. The Kier molecular flexibility index (Phi) is 5.23. The van der Waals surface area contributed by atoms with Crippen LogP contribution in [0.25, 0.3) is 10.2 Å². The molecule has 2 aromatic heterocycles. The van der Waals surface area contributed by atoms with E-state index in [1.54, 1.807) is 12.1 Å². The molecule has 1 aliphatic carbocycles. The van der Waals surface area contributed by atoms with E-state index in [0.29, 0.717) is 26.7 Å². The zero-order valence-corrected chi connectivity index (χ0v) is 16.8. The highest BCUT2D eigenvalue weighted by Crippen LogP contribution is 2.35. The third-order valence-electron chi connectivity index (χ3n) is 4.78. The molecule has 28 heavy (non-hydrogen) atoms. The van der Waals surface area contributed by atoms with Crippen LogP contribution >= 0.6 is 22.9 Å².